The first kappa shape index (κ1) is 19.6. The van der Waals surface area contributed by atoms with E-state index in [-0.39, 0.29) is 17.2 Å². The second-order valence-electron chi connectivity index (χ2n) is 7.60. The molecule has 146 valence electrons. The van der Waals surface area contributed by atoms with Gasteiger partial charge in [0.25, 0.3) is 0 Å². The van der Waals surface area contributed by atoms with Crippen LogP contribution < -0.4 is 4.74 Å². The predicted molar refractivity (Wildman–Crippen MR) is 114 cm³/mol. The standard InChI is InChI=1S/C24H26O4/c1-16(2)5-4-11-24(3)12-10-19-21(26)14-18(15-23(19)28-24)7-6-17-8-9-20(25)22(27)13-17/h5-10,12-15,25-27H,4,11H2,1-3H3/b7-6+. The Morgan fingerprint density at radius 2 is 1.68 bits per heavy atom. The van der Waals surface area contributed by atoms with Crippen molar-refractivity contribution in [2.45, 2.75) is 39.2 Å². The molecular weight excluding hydrogens is 352 g/mol. The number of aromatic hydroxyl groups is 3. The fraction of sp³-hybridized carbons (Fsp3) is 0.250. The number of allylic oxidation sites excluding steroid dienone is 2. The number of hydrogen-bond acceptors (Lipinski definition) is 4. The summed E-state index contributed by atoms with van der Waals surface area (Å²) in [5.41, 5.74) is 3.06. The van der Waals surface area contributed by atoms with E-state index in [0.717, 1.165) is 24.0 Å². The smallest absolute Gasteiger partial charge is 0.157 e. The fourth-order valence-corrected chi connectivity index (χ4v) is 3.14. The van der Waals surface area contributed by atoms with Crippen LogP contribution in [0.1, 0.15) is 50.3 Å². The van der Waals surface area contributed by atoms with Gasteiger partial charge in [-0.05, 0) is 81.2 Å². The zero-order valence-electron chi connectivity index (χ0n) is 16.4. The van der Waals surface area contributed by atoms with Gasteiger partial charge >= 0.3 is 0 Å². The molecule has 0 saturated carbocycles. The molecule has 0 bridgehead atoms. The Bertz CT molecular complexity index is 965. The number of phenols is 3. The summed E-state index contributed by atoms with van der Waals surface area (Å²) in [6, 6.07) is 8.18. The number of rotatable bonds is 5. The minimum atomic E-state index is -0.420. The molecule has 2 aromatic rings. The molecule has 0 saturated heterocycles. The van der Waals surface area contributed by atoms with Crippen molar-refractivity contribution in [3.63, 3.8) is 0 Å². The molecule has 0 aromatic heterocycles. The predicted octanol–water partition coefficient (Wildman–Crippen LogP) is 5.88. The van der Waals surface area contributed by atoms with Crippen molar-refractivity contribution in [2.24, 2.45) is 0 Å². The van der Waals surface area contributed by atoms with Gasteiger partial charge in [-0.25, -0.2) is 0 Å². The van der Waals surface area contributed by atoms with E-state index in [1.807, 2.05) is 31.2 Å². The molecule has 1 aliphatic rings. The van der Waals surface area contributed by atoms with E-state index in [1.54, 1.807) is 18.2 Å². The summed E-state index contributed by atoms with van der Waals surface area (Å²) in [5.74, 6) is 0.482. The minimum absolute atomic E-state index is 0.156. The summed E-state index contributed by atoms with van der Waals surface area (Å²) in [6.07, 6.45) is 11.5. The summed E-state index contributed by atoms with van der Waals surface area (Å²) < 4.78 is 6.23. The van der Waals surface area contributed by atoms with E-state index < -0.39 is 5.60 Å². The average Bonchev–Trinajstić information content (AvgIpc) is 2.62. The van der Waals surface area contributed by atoms with Gasteiger partial charge in [-0.3, -0.25) is 0 Å². The van der Waals surface area contributed by atoms with E-state index in [2.05, 4.69) is 19.9 Å². The molecule has 28 heavy (non-hydrogen) atoms. The maximum absolute atomic E-state index is 10.4. The Hall–Kier alpha value is -3.14. The molecule has 3 rings (SSSR count). The zero-order valence-corrected chi connectivity index (χ0v) is 16.4. The van der Waals surface area contributed by atoms with Gasteiger partial charge in [0.05, 0.1) is 5.56 Å². The van der Waals surface area contributed by atoms with Gasteiger partial charge in [0, 0.05) is 0 Å². The van der Waals surface area contributed by atoms with E-state index in [4.69, 9.17) is 4.74 Å². The van der Waals surface area contributed by atoms with Crippen LogP contribution >= 0.6 is 0 Å². The summed E-state index contributed by atoms with van der Waals surface area (Å²) in [5, 5.41) is 29.4. The molecule has 1 heterocycles. The summed E-state index contributed by atoms with van der Waals surface area (Å²) in [6.45, 7) is 6.21. The van der Waals surface area contributed by atoms with Crippen LogP contribution in [0.3, 0.4) is 0 Å². The highest BCUT2D eigenvalue weighted by atomic mass is 16.5. The molecule has 1 aliphatic heterocycles. The van der Waals surface area contributed by atoms with Crippen LogP contribution in [0.15, 0.2) is 48.1 Å². The Balaban J connectivity index is 1.82. The van der Waals surface area contributed by atoms with Crippen molar-refractivity contribution >= 4 is 18.2 Å². The van der Waals surface area contributed by atoms with Crippen LogP contribution in [0.5, 0.6) is 23.0 Å². The van der Waals surface area contributed by atoms with Crippen LogP contribution in [0.25, 0.3) is 18.2 Å². The lowest BCUT2D eigenvalue weighted by Crippen LogP contribution is -2.31. The molecular formula is C24H26O4. The Labute approximate surface area is 165 Å². The maximum Gasteiger partial charge on any atom is 0.157 e. The third-order valence-electron chi connectivity index (χ3n) is 4.75. The van der Waals surface area contributed by atoms with Crippen LogP contribution in [0.2, 0.25) is 0 Å². The molecule has 0 amide bonds. The highest BCUT2D eigenvalue weighted by Gasteiger charge is 2.28. The molecule has 0 aliphatic carbocycles. The monoisotopic (exact) mass is 378 g/mol. The van der Waals surface area contributed by atoms with Crippen molar-refractivity contribution < 1.29 is 20.1 Å². The fourth-order valence-electron chi connectivity index (χ4n) is 3.14. The first-order valence-corrected chi connectivity index (χ1v) is 9.34. The molecule has 2 aromatic carbocycles. The van der Waals surface area contributed by atoms with E-state index in [1.165, 1.54) is 17.7 Å². The van der Waals surface area contributed by atoms with E-state index in [9.17, 15) is 15.3 Å². The van der Waals surface area contributed by atoms with Crippen LogP contribution in [-0.4, -0.2) is 20.9 Å². The van der Waals surface area contributed by atoms with Crippen molar-refractivity contribution in [2.75, 3.05) is 0 Å². The van der Waals surface area contributed by atoms with Crippen LogP contribution in [0.4, 0.5) is 0 Å². The lowest BCUT2D eigenvalue weighted by molar-refractivity contribution is 0.128. The van der Waals surface area contributed by atoms with Crippen LogP contribution in [0, 0.1) is 0 Å². The van der Waals surface area contributed by atoms with Gasteiger partial charge in [0.1, 0.15) is 17.1 Å². The molecule has 4 heteroatoms. The van der Waals surface area contributed by atoms with Gasteiger partial charge in [-0.15, -0.1) is 0 Å². The van der Waals surface area contributed by atoms with Gasteiger partial charge in [-0.1, -0.05) is 29.9 Å². The molecule has 0 radical (unpaired) electrons. The molecule has 1 atom stereocenters. The molecule has 1 unspecified atom stereocenters. The normalized spacial score (nSPS) is 18.0. The second kappa shape index (κ2) is 7.85. The van der Waals surface area contributed by atoms with Crippen LogP contribution in [-0.2, 0) is 0 Å². The molecule has 4 nitrogen and oxygen atoms in total. The Morgan fingerprint density at radius 3 is 2.39 bits per heavy atom. The van der Waals surface area contributed by atoms with E-state index >= 15 is 0 Å². The van der Waals surface area contributed by atoms with Gasteiger partial charge in [-0.2, -0.15) is 0 Å². The topological polar surface area (TPSA) is 69.9 Å². The average molecular weight is 378 g/mol. The number of phenolic OH excluding ortho intramolecular Hbond substituents is 3. The third kappa shape index (κ3) is 4.58. The van der Waals surface area contributed by atoms with E-state index in [0.29, 0.717) is 11.3 Å². The quantitative estimate of drug-likeness (QED) is 0.345. The lowest BCUT2D eigenvalue weighted by Gasteiger charge is -2.32. The first-order valence-electron chi connectivity index (χ1n) is 9.34. The lowest BCUT2D eigenvalue weighted by atomic mass is 9.94. The molecule has 3 N–H and O–H groups in total. The number of hydrogen-bond donors (Lipinski definition) is 3. The van der Waals surface area contributed by atoms with Crippen molar-refractivity contribution in [1.29, 1.82) is 0 Å². The van der Waals surface area contributed by atoms with Gasteiger partial charge < -0.3 is 20.1 Å². The van der Waals surface area contributed by atoms with Crippen molar-refractivity contribution in [3.8, 4) is 23.0 Å². The Kier molecular flexibility index (Phi) is 5.50. The highest BCUT2D eigenvalue weighted by Crippen LogP contribution is 2.39. The van der Waals surface area contributed by atoms with Crippen molar-refractivity contribution in [3.05, 3.63) is 64.7 Å². The number of benzene rings is 2. The highest BCUT2D eigenvalue weighted by molar-refractivity contribution is 5.76. The van der Waals surface area contributed by atoms with Crippen molar-refractivity contribution in [1.82, 2.24) is 0 Å². The SMILES string of the molecule is CC(C)=CCCC1(C)C=Cc2c(O)cc(/C=C/c3ccc(O)c(O)c3)cc2O1. The van der Waals surface area contributed by atoms with Gasteiger partial charge in [0.15, 0.2) is 11.5 Å². The minimum Gasteiger partial charge on any atom is -0.507 e. The molecule has 0 fully saturated rings. The van der Waals surface area contributed by atoms with Gasteiger partial charge in [0.2, 0.25) is 0 Å². The summed E-state index contributed by atoms with van der Waals surface area (Å²) in [7, 11) is 0. The number of ether oxygens (including phenoxy) is 1. The number of fused-ring (bicyclic) bond motifs is 1. The summed E-state index contributed by atoms with van der Waals surface area (Å²) >= 11 is 0. The first-order chi connectivity index (χ1) is 13.3. The zero-order chi connectivity index (χ0) is 20.3. The second-order valence-corrected chi connectivity index (χ2v) is 7.60. The Morgan fingerprint density at radius 1 is 0.964 bits per heavy atom. The summed E-state index contributed by atoms with van der Waals surface area (Å²) in [4.78, 5) is 0. The molecule has 0 spiro atoms. The maximum atomic E-state index is 10.4. The third-order valence-corrected chi connectivity index (χ3v) is 4.75. The largest absolute Gasteiger partial charge is 0.507 e.